The van der Waals surface area contributed by atoms with E-state index in [2.05, 4.69) is 10.6 Å². The van der Waals surface area contributed by atoms with Crippen molar-refractivity contribution in [2.75, 3.05) is 30.5 Å². The smallest absolute Gasteiger partial charge is 0.339 e. The van der Waals surface area contributed by atoms with Crippen molar-refractivity contribution in [3.05, 3.63) is 29.3 Å². The van der Waals surface area contributed by atoms with E-state index >= 15 is 0 Å². The summed E-state index contributed by atoms with van der Waals surface area (Å²) >= 11 is 1.85. The Hall–Kier alpha value is -1.53. The highest BCUT2D eigenvalue weighted by atomic mass is 32.2. The number of carbonyl (C=O) groups excluding carboxylic acids is 2. The molecule has 6 heteroatoms. The Morgan fingerprint density at radius 1 is 1.48 bits per heavy atom. The van der Waals surface area contributed by atoms with Crippen LogP contribution in [0.3, 0.4) is 0 Å². The van der Waals surface area contributed by atoms with Crippen molar-refractivity contribution < 1.29 is 14.3 Å². The fourth-order valence-electron chi connectivity index (χ4n) is 2.22. The minimum absolute atomic E-state index is 0.0935. The van der Waals surface area contributed by atoms with E-state index in [0.717, 1.165) is 23.6 Å². The van der Waals surface area contributed by atoms with Crippen LogP contribution in [0.4, 0.5) is 5.69 Å². The van der Waals surface area contributed by atoms with Crippen molar-refractivity contribution in [3.8, 4) is 0 Å². The quantitative estimate of drug-likeness (QED) is 0.831. The van der Waals surface area contributed by atoms with Crippen molar-refractivity contribution in [1.82, 2.24) is 5.32 Å². The van der Waals surface area contributed by atoms with Crippen molar-refractivity contribution in [2.24, 2.45) is 0 Å². The molecule has 1 aliphatic heterocycles. The van der Waals surface area contributed by atoms with Gasteiger partial charge < -0.3 is 15.4 Å². The topological polar surface area (TPSA) is 67.4 Å². The van der Waals surface area contributed by atoms with Crippen molar-refractivity contribution in [3.63, 3.8) is 0 Å². The predicted octanol–water partition coefficient (Wildman–Crippen LogP) is 1.82. The number of benzene rings is 1. The van der Waals surface area contributed by atoms with Gasteiger partial charge in [0.2, 0.25) is 5.91 Å². The molecule has 21 heavy (non-hydrogen) atoms. The molecule has 114 valence electrons. The second kappa shape index (κ2) is 7.47. The normalized spacial score (nSPS) is 18.1. The molecule has 0 aliphatic carbocycles. The van der Waals surface area contributed by atoms with Gasteiger partial charge in [0.05, 0.1) is 18.4 Å². The lowest BCUT2D eigenvalue weighted by Gasteiger charge is -2.22. The molecule has 0 bridgehead atoms. The molecular weight excluding hydrogens is 288 g/mol. The van der Waals surface area contributed by atoms with E-state index in [1.54, 1.807) is 12.1 Å². The molecule has 1 aliphatic rings. The minimum atomic E-state index is -0.444. The van der Waals surface area contributed by atoms with Crippen LogP contribution in [0.2, 0.25) is 0 Å². The van der Waals surface area contributed by atoms with E-state index in [9.17, 15) is 9.59 Å². The van der Waals surface area contributed by atoms with E-state index in [4.69, 9.17) is 4.74 Å². The summed E-state index contributed by atoms with van der Waals surface area (Å²) < 4.78 is 4.76. The summed E-state index contributed by atoms with van der Waals surface area (Å²) in [6.45, 7) is 2.82. The van der Waals surface area contributed by atoms with E-state index < -0.39 is 5.97 Å². The number of thioether (sulfide) groups is 1. The molecule has 5 nitrogen and oxygen atoms in total. The first-order chi connectivity index (χ1) is 10.1. The van der Waals surface area contributed by atoms with Crippen LogP contribution in [-0.4, -0.2) is 43.1 Å². The molecule has 1 aromatic rings. The lowest BCUT2D eigenvalue weighted by atomic mass is 10.1. The monoisotopic (exact) mass is 308 g/mol. The molecule has 0 saturated carbocycles. The summed E-state index contributed by atoms with van der Waals surface area (Å²) in [4.78, 5) is 23.9. The highest BCUT2D eigenvalue weighted by molar-refractivity contribution is 7.99. The predicted molar refractivity (Wildman–Crippen MR) is 84.9 cm³/mol. The fourth-order valence-corrected chi connectivity index (χ4v) is 3.17. The van der Waals surface area contributed by atoms with Crippen molar-refractivity contribution in [1.29, 1.82) is 0 Å². The Bertz CT molecular complexity index is 528. The number of amides is 1. The first-order valence-electron chi connectivity index (χ1n) is 6.90. The van der Waals surface area contributed by atoms with Crippen LogP contribution in [0.15, 0.2) is 18.2 Å². The lowest BCUT2D eigenvalue weighted by Crippen LogP contribution is -2.40. The summed E-state index contributed by atoms with van der Waals surface area (Å²) in [5.74, 6) is 1.48. The molecule has 0 radical (unpaired) electrons. The van der Waals surface area contributed by atoms with Crippen LogP contribution >= 0.6 is 11.8 Å². The van der Waals surface area contributed by atoms with Gasteiger partial charge in [-0.05, 0) is 19.1 Å². The zero-order chi connectivity index (χ0) is 15.2. The zero-order valence-corrected chi connectivity index (χ0v) is 13.1. The Balaban J connectivity index is 2.04. The van der Waals surface area contributed by atoms with Gasteiger partial charge in [0.1, 0.15) is 0 Å². The Labute approximate surface area is 128 Å². The van der Waals surface area contributed by atoms with Gasteiger partial charge in [-0.15, -0.1) is 0 Å². The molecule has 1 saturated heterocycles. The molecule has 2 rings (SSSR count). The summed E-state index contributed by atoms with van der Waals surface area (Å²) in [6.07, 6.45) is 0.404. The molecule has 1 heterocycles. The summed E-state index contributed by atoms with van der Waals surface area (Å²) in [7, 11) is 1.33. The maximum absolute atomic E-state index is 12.1. The van der Waals surface area contributed by atoms with Gasteiger partial charge in [-0.3, -0.25) is 4.79 Å². The van der Waals surface area contributed by atoms with Crippen LogP contribution in [0, 0.1) is 6.92 Å². The molecule has 1 fully saturated rings. The molecule has 1 amide bonds. The number of nitrogens with one attached hydrogen (secondary N) is 2. The molecule has 1 atom stereocenters. The fraction of sp³-hybridized carbons (Fsp3) is 0.467. The van der Waals surface area contributed by atoms with Crippen molar-refractivity contribution in [2.45, 2.75) is 19.4 Å². The van der Waals surface area contributed by atoms with Crippen molar-refractivity contribution >= 4 is 29.3 Å². The average molecular weight is 308 g/mol. The summed E-state index contributed by atoms with van der Waals surface area (Å²) in [6, 6.07) is 5.51. The van der Waals surface area contributed by atoms with E-state index in [1.807, 2.05) is 24.8 Å². The average Bonchev–Trinajstić information content (AvgIpc) is 2.49. The standard InChI is InChI=1S/C15H20N2O3S/c1-10-3-4-13(12(7-10)15(19)20-2)17-14(18)8-11-9-21-6-5-16-11/h3-4,7,11,16H,5-6,8-9H2,1-2H3,(H,17,18). The second-order valence-corrected chi connectivity index (χ2v) is 6.17. The number of aryl methyl sites for hydroxylation is 1. The molecule has 1 aromatic carbocycles. The highest BCUT2D eigenvalue weighted by Crippen LogP contribution is 2.19. The Morgan fingerprint density at radius 3 is 2.95 bits per heavy atom. The number of carbonyl (C=O) groups is 2. The number of esters is 1. The molecule has 1 unspecified atom stereocenters. The van der Waals surface area contributed by atoms with Gasteiger partial charge in [-0.25, -0.2) is 4.79 Å². The number of hydrogen-bond acceptors (Lipinski definition) is 5. The van der Waals surface area contributed by atoms with E-state index in [0.29, 0.717) is 17.7 Å². The summed E-state index contributed by atoms with van der Waals surface area (Å²) in [5, 5.41) is 6.13. The third-order valence-corrected chi connectivity index (χ3v) is 4.42. The maximum atomic E-state index is 12.1. The number of methoxy groups -OCH3 is 1. The highest BCUT2D eigenvalue weighted by Gasteiger charge is 2.19. The molecule has 0 aromatic heterocycles. The molecule has 2 N–H and O–H groups in total. The maximum Gasteiger partial charge on any atom is 0.339 e. The van der Waals surface area contributed by atoms with Gasteiger partial charge in [0, 0.05) is 30.5 Å². The second-order valence-electron chi connectivity index (χ2n) is 5.02. The van der Waals surface area contributed by atoms with Crippen LogP contribution in [0.25, 0.3) is 0 Å². The number of rotatable bonds is 4. The molecular formula is C15H20N2O3S. The number of hydrogen-bond donors (Lipinski definition) is 2. The van der Waals surface area contributed by atoms with Crippen LogP contribution in [0.5, 0.6) is 0 Å². The zero-order valence-electron chi connectivity index (χ0n) is 12.3. The number of ether oxygens (including phenoxy) is 1. The first kappa shape index (κ1) is 15.9. The van der Waals surface area contributed by atoms with Gasteiger partial charge in [-0.1, -0.05) is 11.6 Å². The van der Waals surface area contributed by atoms with E-state index in [1.165, 1.54) is 7.11 Å². The largest absolute Gasteiger partial charge is 0.465 e. The van der Waals surface area contributed by atoms with Gasteiger partial charge in [-0.2, -0.15) is 11.8 Å². The van der Waals surface area contributed by atoms with Crippen LogP contribution in [-0.2, 0) is 9.53 Å². The van der Waals surface area contributed by atoms with Crippen LogP contribution in [0.1, 0.15) is 22.3 Å². The summed E-state index contributed by atoms with van der Waals surface area (Å²) in [5.41, 5.74) is 1.83. The minimum Gasteiger partial charge on any atom is -0.465 e. The first-order valence-corrected chi connectivity index (χ1v) is 8.05. The third-order valence-electron chi connectivity index (χ3n) is 3.28. The molecule has 0 spiro atoms. The van der Waals surface area contributed by atoms with E-state index in [-0.39, 0.29) is 11.9 Å². The third kappa shape index (κ3) is 4.47. The van der Waals surface area contributed by atoms with Gasteiger partial charge in [0.25, 0.3) is 0 Å². The SMILES string of the molecule is COC(=O)c1cc(C)ccc1NC(=O)CC1CSCCN1. The number of anilines is 1. The van der Waals surface area contributed by atoms with Gasteiger partial charge in [0.15, 0.2) is 0 Å². The lowest BCUT2D eigenvalue weighted by molar-refractivity contribution is -0.116. The van der Waals surface area contributed by atoms with Gasteiger partial charge >= 0.3 is 5.97 Å². The Morgan fingerprint density at radius 2 is 2.29 bits per heavy atom. The van der Waals surface area contributed by atoms with Crippen LogP contribution < -0.4 is 10.6 Å². The Kier molecular flexibility index (Phi) is 5.64.